The van der Waals surface area contributed by atoms with Crippen LogP contribution in [-0.4, -0.2) is 7.05 Å². The molecule has 0 bridgehead atoms. The molecule has 1 heterocycles. The predicted molar refractivity (Wildman–Crippen MR) is 64.9 cm³/mol. The maximum atomic E-state index is 3.44. The minimum atomic E-state index is 0.509. The number of rotatable bonds is 4. The zero-order chi connectivity index (χ0) is 10.7. The molecule has 0 amide bonds. The first kappa shape index (κ1) is 11.7. The molecular formula is C12H21NS. The molecule has 80 valence electrons. The SMILES string of the molecule is CNC(c1sccc1C)C(C)C(C)C. The van der Waals surface area contributed by atoms with E-state index in [-0.39, 0.29) is 0 Å². The van der Waals surface area contributed by atoms with Gasteiger partial charge < -0.3 is 5.32 Å². The molecule has 2 atom stereocenters. The van der Waals surface area contributed by atoms with E-state index in [0.29, 0.717) is 17.9 Å². The molecule has 2 unspecified atom stereocenters. The number of hydrogen-bond donors (Lipinski definition) is 1. The Morgan fingerprint density at radius 3 is 2.29 bits per heavy atom. The second-order valence-electron chi connectivity index (χ2n) is 4.34. The molecule has 0 aromatic carbocycles. The van der Waals surface area contributed by atoms with Gasteiger partial charge in [0, 0.05) is 10.9 Å². The average molecular weight is 211 g/mol. The van der Waals surface area contributed by atoms with Crippen molar-refractivity contribution < 1.29 is 0 Å². The lowest BCUT2D eigenvalue weighted by Crippen LogP contribution is -2.26. The molecule has 0 aliphatic heterocycles. The summed E-state index contributed by atoms with van der Waals surface area (Å²) in [7, 11) is 2.06. The van der Waals surface area contributed by atoms with Crippen molar-refractivity contribution in [2.24, 2.45) is 11.8 Å². The van der Waals surface area contributed by atoms with E-state index in [1.807, 2.05) is 11.3 Å². The summed E-state index contributed by atoms with van der Waals surface area (Å²) < 4.78 is 0. The summed E-state index contributed by atoms with van der Waals surface area (Å²) in [5, 5.41) is 5.62. The van der Waals surface area contributed by atoms with Crippen molar-refractivity contribution in [2.45, 2.75) is 33.7 Å². The third-order valence-corrected chi connectivity index (χ3v) is 4.17. The zero-order valence-corrected chi connectivity index (χ0v) is 10.6. The van der Waals surface area contributed by atoms with Gasteiger partial charge in [-0.05, 0) is 42.8 Å². The Bertz CT molecular complexity index is 278. The third kappa shape index (κ3) is 2.37. The maximum Gasteiger partial charge on any atom is 0.0443 e. The number of aryl methyl sites for hydroxylation is 1. The van der Waals surface area contributed by atoms with Crippen LogP contribution in [0.15, 0.2) is 11.4 Å². The van der Waals surface area contributed by atoms with Gasteiger partial charge in [-0.2, -0.15) is 0 Å². The lowest BCUT2D eigenvalue weighted by molar-refractivity contribution is 0.320. The van der Waals surface area contributed by atoms with E-state index >= 15 is 0 Å². The normalized spacial score (nSPS) is 15.9. The van der Waals surface area contributed by atoms with Crippen molar-refractivity contribution in [3.8, 4) is 0 Å². The molecule has 1 aromatic heterocycles. The fourth-order valence-corrected chi connectivity index (χ4v) is 2.87. The Kier molecular flexibility index (Phi) is 4.14. The van der Waals surface area contributed by atoms with Gasteiger partial charge in [0.15, 0.2) is 0 Å². The zero-order valence-electron chi connectivity index (χ0n) is 9.79. The fourth-order valence-electron chi connectivity index (χ4n) is 1.72. The second kappa shape index (κ2) is 4.94. The molecule has 0 aliphatic rings. The van der Waals surface area contributed by atoms with Gasteiger partial charge in [-0.15, -0.1) is 11.3 Å². The molecule has 1 nitrogen and oxygen atoms in total. The van der Waals surface area contributed by atoms with Crippen molar-refractivity contribution in [2.75, 3.05) is 7.05 Å². The van der Waals surface area contributed by atoms with Crippen LogP contribution >= 0.6 is 11.3 Å². The second-order valence-corrected chi connectivity index (χ2v) is 5.29. The first-order valence-electron chi connectivity index (χ1n) is 5.29. The quantitative estimate of drug-likeness (QED) is 0.802. The average Bonchev–Trinajstić information content (AvgIpc) is 2.53. The molecule has 2 heteroatoms. The lowest BCUT2D eigenvalue weighted by atomic mass is 9.88. The summed E-state index contributed by atoms with van der Waals surface area (Å²) in [4.78, 5) is 1.49. The molecule has 1 N–H and O–H groups in total. The van der Waals surface area contributed by atoms with Crippen molar-refractivity contribution in [3.63, 3.8) is 0 Å². The van der Waals surface area contributed by atoms with Crippen molar-refractivity contribution >= 4 is 11.3 Å². The summed E-state index contributed by atoms with van der Waals surface area (Å²) in [5.74, 6) is 1.39. The van der Waals surface area contributed by atoms with Crippen molar-refractivity contribution in [1.82, 2.24) is 5.32 Å². The Morgan fingerprint density at radius 1 is 1.29 bits per heavy atom. The van der Waals surface area contributed by atoms with Gasteiger partial charge >= 0.3 is 0 Å². The summed E-state index contributed by atoms with van der Waals surface area (Å²) in [5.41, 5.74) is 1.42. The molecule has 14 heavy (non-hydrogen) atoms. The highest BCUT2D eigenvalue weighted by Crippen LogP contribution is 2.32. The minimum absolute atomic E-state index is 0.509. The van der Waals surface area contributed by atoms with Crippen LogP contribution in [-0.2, 0) is 0 Å². The van der Waals surface area contributed by atoms with E-state index in [1.54, 1.807) is 0 Å². The third-order valence-electron chi connectivity index (χ3n) is 3.07. The summed E-state index contributed by atoms with van der Waals surface area (Å²) >= 11 is 1.87. The topological polar surface area (TPSA) is 12.0 Å². The Hall–Kier alpha value is -0.340. The Balaban J connectivity index is 2.87. The van der Waals surface area contributed by atoms with Gasteiger partial charge in [-0.25, -0.2) is 0 Å². The predicted octanol–water partition coefficient (Wildman–Crippen LogP) is 3.61. The molecule has 0 saturated heterocycles. The van der Waals surface area contributed by atoms with E-state index in [1.165, 1.54) is 10.4 Å². The van der Waals surface area contributed by atoms with Crippen LogP contribution < -0.4 is 5.32 Å². The largest absolute Gasteiger partial charge is 0.312 e. The van der Waals surface area contributed by atoms with E-state index in [4.69, 9.17) is 0 Å². The number of hydrogen-bond acceptors (Lipinski definition) is 2. The van der Waals surface area contributed by atoms with Gasteiger partial charge in [-0.1, -0.05) is 20.8 Å². The van der Waals surface area contributed by atoms with E-state index < -0.39 is 0 Å². The Morgan fingerprint density at radius 2 is 1.93 bits per heavy atom. The lowest BCUT2D eigenvalue weighted by Gasteiger charge is -2.26. The Labute approximate surface area is 91.5 Å². The molecule has 1 aromatic rings. The first-order valence-corrected chi connectivity index (χ1v) is 6.17. The fraction of sp³-hybridized carbons (Fsp3) is 0.667. The maximum absolute atomic E-state index is 3.44. The van der Waals surface area contributed by atoms with Crippen LogP contribution in [0, 0.1) is 18.8 Å². The highest BCUT2D eigenvalue weighted by Gasteiger charge is 2.22. The van der Waals surface area contributed by atoms with Gasteiger partial charge in [0.25, 0.3) is 0 Å². The van der Waals surface area contributed by atoms with Crippen LogP contribution in [0.25, 0.3) is 0 Å². The van der Waals surface area contributed by atoms with Crippen LogP contribution in [0.5, 0.6) is 0 Å². The highest BCUT2D eigenvalue weighted by molar-refractivity contribution is 7.10. The summed E-state index contributed by atoms with van der Waals surface area (Å²) in [6, 6.07) is 2.72. The van der Waals surface area contributed by atoms with Crippen LogP contribution in [0.2, 0.25) is 0 Å². The molecule has 0 spiro atoms. The van der Waals surface area contributed by atoms with Gasteiger partial charge in [-0.3, -0.25) is 0 Å². The number of thiophene rings is 1. The monoisotopic (exact) mass is 211 g/mol. The molecule has 0 saturated carbocycles. The van der Waals surface area contributed by atoms with Gasteiger partial charge in [0.05, 0.1) is 0 Å². The molecule has 1 rings (SSSR count). The van der Waals surface area contributed by atoms with Crippen LogP contribution in [0.3, 0.4) is 0 Å². The molecule has 0 radical (unpaired) electrons. The minimum Gasteiger partial charge on any atom is -0.312 e. The molecular weight excluding hydrogens is 190 g/mol. The van der Waals surface area contributed by atoms with Crippen LogP contribution in [0.1, 0.15) is 37.3 Å². The van der Waals surface area contributed by atoms with E-state index in [9.17, 15) is 0 Å². The van der Waals surface area contributed by atoms with Gasteiger partial charge in [0.1, 0.15) is 0 Å². The van der Waals surface area contributed by atoms with Gasteiger partial charge in [0.2, 0.25) is 0 Å². The van der Waals surface area contributed by atoms with Crippen LogP contribution in [0.4, 0.5) is 0 Å². The highest BCUT2D eigenvalue weighted by atomic mass is 32.1. The van der Waals surface area contributed by atoms with E-state index in [2.05, 4.69) is 51.5 Å². The molecule has 0 fully saturated rings. The standard InChI is InChI=1S/C12H21NS/c1-8(2)10(4)11(13-5)12-9(3)6-7-14-12/h6-8,10-11,13H,1-5H3. The summed E-state index contributed by atoms with van der Waals surface area (Å²) in [6.45, 7) is 9.10. The van der Waals surface area contributed by atoms with E-state index in [0.717, 1.165) is 0 Å². The molecule has 0 aliphatic carbocycles. The first-order chi connectivity index (χ1) is 6.57. The summed E-state index contributed by atoms with van der Waals surface area (Å²) in [6.07, 6.45) is 0. The smallest absolute Gasteiger partial charge is 0.0443 e. The van der Waals surface area contributed by atoms with Crippen molar-refractivity contribution in [1.29, 1.82) is 0 Å². The number of nitrogens with one attached hydrogen (secondary N) is 1. The van der Waals surface area contributed by atoms with Crippen molar-refractivity contribution in [3.05, 3.63) is 21.9 Å².